The maximum absolute atomic E-state index is 12.4. The molecule has 0 radical (unpaired) electrons. The number of aryl methyl sites for hydroxylation is 1. The van der Waals surface area contributed by atoms with Crippen LogP contribution < -0.4 is 15.6 Å². The summed E-state index contributed by atoms with van der Waals surface area (Å²) in [7, 11) is 0. The second-order valence-corrected chi connectivity index (χ2v) is 6.46. The highest BCUT2D eigenvalue weighted by molar-refractivity contribution is 6.30. The molecule has 0 saturated heterocycles. The minimum atomic E-state index is -0.718. The van der Waals surface area contributed by atoms with Crippen LogP contribution in [0.3, 0.4) is 0 Å². The van der Waals surface area contributed by atoms with Crippen molar-refractivity contribution in [3.05, 3.63) is 75.7 Å². The van der Waals surface area contributed by atoms with Gasteiger partial charge in [-0.2, -0.15) is 0 Å². The molecule has 1 amide bonds. The molecule has 0 aliphatic rings. The van der Waals surface area contributed by atoms with E-state index >= 15 is 0 Å². The van der Waals surface area contributed by atoms with Crippen LogP contribution in [0.2, 0.25) is 5.02 Å². The molecule has 0 saturated carbocycles. The highest BCUT2D eigenvalue weighted by Gasteiger charge is 2.15. The van der Waals surface area contributed by atoms with E-state index in [-0.39, 0.29) is 11.5 Å². The lowest BCUT2D eigenvalue weighted by molar-refractivity contribution is -0.122. The van der Waals surface area contributed by atoms with Gasteiger partial charge >= 0.3 is 0 Å². The van der Waals surface area contributed by atoms with E-state index in [1.807, 2.05) is 0 Å². The lowest BCUT2D eigenvalue weighted by Gasteiger charge is -2.15. The first-order valence-corrected chi connectivity index (χ1v) is 8.70. The van der Waals surface area contributed by atoms with Gasteiger partial charge in [-0.25, -0.2) is 4.98 Å². The summed E-state index contributed by atoms with van der Waals surface area (Å²) in [6.45, 7) is 3.40. The second-order valence-electron chi connectivity index (χ2n) is 6.02. The van der Waals surface area contributed by atoms with Crippen molar-refractivity contribution in [1.82, 2.24) is 9.97 Å². The Labute approximate surface area is 161 Å². The Kier molecular flexibility index (Phi) is 5.57. The molecule has 2 aromatic carbocycles. The molecule has 0 aliphatic heterocycles. The molecule has 0 spiro atoms. The molecule has 27 heavy (non-hydrogen) atoms. The van der Waals surface area contributed by atoms with Gasteiger partial charge in [-0.1, -0.05) is 29.8 Å². The van der Waals surface area contributed by atoms with Crippen LogP contribution >= 0.6 is 11.6 Å². The number of ether oxygens (including phenoxy) is 1. The average Bonchev–Trinajstić information content (AvgIpc) is 2.61. The third-order valence-electron chi connectivity index (χ3n) is 3.75. The van der Waals surface area contributed by atoms with Crippen LogP contribution in [0.4, 0.5) is 5.69 Å². The van der Waals surface area contributed by atoms with Crippen molar-refractivity contribution in [2.45, 2.75) is 20.0 Å². The van der Waals surface area contributed by atoms with Crippen molar-refractivity contribution < 1.29 is 9.53 Å². The predicted octanol–water partition coefficient (Wildman–Crippen LogP) is 3.80. The van der Waals surface area contributed by atoms with Crippen LogP contribution in [0.1, 0.15) is 12.6 Å². The smallest absolute Gasteiger partial charge is 0.265 e. The Morgan fingerprint density at radius 2 is 1.96 bits per heavy atom. The van der Waals surface area contributed by atoms with E-state index in [0.717, 1.165) is 0 Å². The molecule has 6 nitrogen and oxygen atoms in total. The van der Waals surface area contributed by atoms with Gasteiger partial charge in [0.2, 0.25) is 0 Å². The molecule has 0 fully saturated rings. The lowest BCUT2D eigenvalue weighted by Crippen LogP contribution is -2.30. The fraction of sp³-hybridized carbons (Fsp3) is 0.150. The van der Waals surface area contributed by atoms with Crippen molar-refractivity contribution in [3.63, 3.8) is 0 Å². The third-order valence-corrected chi connectivity index (χ3v) is 3.99. The molecule has 1 atom stereocenters. The zero-order valence-electron chi connectivity index (χ0n) is 14.8. The number of carbonyl (C=O) groups is 1. The quantitative estimate of drug-likeness (QED) is 0.701. The fourth-order valence-electron chi connectivity index (χ4n) is 2.50. The number of nitrogens with zero attached hydrogens (tertiary/aromatic N) is 1. The summed E-state index contributed by atoms with van der Waals surface area (Å²) in [6, 6.07) is 15.3. The molecule has 3 rings (SSSR count). The second kappa shape index (κ2) is 8.05. The van der Waals surface area contributed by atoms with E-state index < -0.39 is 6.10 Å². The number of amides is 1. The van der Waals surface area contributed by atoms with Crippen LogP contribution in [-0.2, 0) is 4.79 Å². The first-order valence-electron chi connectivity index (χ1n) is 8.32. The summed E-state index contributed by atoms with van der Waals surface area (Å²) >= 11 is 5.92. The van der Waals surface area contributed by atoms with E-state index in [1.165, 1.54) is 6.07 Å². The predicted molar refractivity (Wildman–Crippen MR) is 105 cm³/mol. The third kappa shape index (κ3) is 4.95. The number of carbonyl (C=O) groups excluding carboxylic acids is 1. The van der Waals surface area contributed by atoms with Gasteiger partial charge in [-0.15, -0.1) is 0 Å². The Morgan fingerprint density at radius 3 is 2.70 bits per heavy atom. The Bertz CT molecular complexity index is 1030. The normalized spacial score (nSPS) is 11.7. The van der Waals surface area contributed by atoms with Crippen molar-refractivity contribution >= 4 is 23.2 Å². The van der Waals surface area contributed by atoms with Crippen LogP contribution in [-0.4, -0.2) is 22.0 Å². The largest absolute Gasteiger partial charge is 0.481 e. The Hall–Kier alpha value is -3.12. The van der Waals surface area contributed by atoms with E-state index in [0.29, 0.717) is 33.5 Å². The highest BCUT2D eigenvalue weighted by atomic mass is 35.5. The van der Waals surface area contributed by atoms with Crippen molar-refractivity contribution in [2.75, 3.05) is 5.32 Å². The molecular weight excluding hydrogens is 366 g/mol. The maximum atomic E-state index is 12.4. The van der Waals surface area contributed by atoms with Gasteiger partial charge in [0, 0.05) is 28.0 Å². The summed E-state index contributed by atoms with van der Waals surface area (Å²) in [6.07, 6.45) is -0.718. The van der Waals surface area contributed by atoms with E-state index in [2.05, 4.69) is 15.3 Å². The van der Waals surface area contributed by atoms with E-state index in [1.54, 1.807) is 62.4 Å². The monoisotopic (exact) mass is 383 g/mol. The molecule has 7 heteroatoms. The topological polar surface area (TPSA) is 84.1 Å². The zero-order valence-corrected chi connectivity index (χ0v) is 15.6. The Morgan fingerprint density at radius 1 is 1.19 bits per heavy atom. The molecule has 138 valence electrons. The molecular formula is C20H18ClN3O3. The van der Waals surface area contributed by atoms with Gasteiger partial charge in [-0.3, -0.25) is 9.59 Å². The summed E-state index contributed by atoms with van der Waals surface area (Å²) < 4.78 is 5.62. The number of anilines is 1. The number of hydrogen-bond donors (Lipinski definition) is 2. The van der Waals surface area contributed by atoms with Gasteiger partial charge in [0.25, 0.3) is 11.5 Å². The molecule has 3 aromatic rings. The first kappa shape index (κ1) is 18.7. The summed E-state index contributed by atoms with van der Waals surface area (Å²) in [5.74, 6) is 0.651. The Balaban J connectivity index is 1.73. The van der Waals surface area contributed by atoms with Crippen LogP contribution in [0, 0.1) is 6.92 Å². The average molecular weight is 384 g/mol. The lowest BCUT2D eigenvalue weighted by atomic mass is 10.1. The minimum Gasteiger partial charge on any atom is -0.481 e. The van der Waals surface area contributed by atoms with Gasteiger partial charge in [-0.05, 0) is 44.2 Å². The van der Waals surface area contributed by atoms with E-state index in [9.17, 15) is 9.59 Å². The van der Waals surface area contributed by atoms with Gasteiger partial charge in [0.05, 0.1) is 0 Å². The van der Waals surface area contributed by atoms with Crippen LogP contribution in [0.15, 0.2) is 59.4 Å². The standard InChI is InChI=1S/C20H18ClN3O3/c1-12-9-18(25)24-19(22-12)14-5-3-7-16(10-14)23-20(26)13(2)27-17-8-4-6-15(21)11-17/h3-11,13H,1-2H3,(H,23,26)(H,22,24,25)/t13-/m0/s1. The van der Waals surface area contributed by atoms with Crippen LogP contribution in [0.5, 0.6) is 5.75 Å². The fourth-order valence-corrected chi connectivity index (χ4v) is 2.68. The summed E-state index contributed by atoms with van der Waals surface area (Å²) in [5.41, 5.74) is 1.66. The number of rotatable bonds is 5. The number of nitrogens with one attached hydrogen (secondary N) is 2. The number of halogens is 1. The maximum Gasteiger partial charge on any atom is 0.265 e. The molecule has 0 aliphatic carbocycles. The number of hydrogen-bond acceptors (Lipinski definition) is 4. The SMILES string of the molecule is Cc1cc(=O)[nH]c(-c2cccc(NC(=O)[C@H](C)Oc3cccc(Cl)c3)c2)n1. The van der Waals surface area contributed by atoms with Crippen molar-refractivity contribution in [3.8, 4) is 17.1 Å². The molecule has 2 N–H and O–H groups in total. The first-order chi connectivity index (χ1) is 12.9. The molecule has 0 bridgehead atoms. The van der Waals surface area contributed by atoms with Crippen molar-refractivity contribution in [2.24, 2.45) is 0 Å². The minimum absolute atomic E-state index is 0.226. The van der Waals surface area contributed by atoms with Crippen molar-refractivity contribution in [1.29, 1.82) is 0 Å². The number of aromatic amines is 1. The zero-order chi connectivity index (χ0) is 19.4. The molecule has 1 heterocycles. The number of benzene rings is 2. The summed E-state index contributed by atoms with van der Waals surface area (Å²) in [5, 5.41) is 3.33. The highest BCUT2D eigenvalue weighted by Crippen LogP contribution is 2.21. The molecule has 1 aromatic heterocycles. The summed E-state index contributed by atoms with van der Waals surface area (Å²) in [4.78, 5) is 31.1. The van der Waals surface area contributed by atoms with Gasteiger partial charge < -0.3 is 15.0 Å². The van der Waals surface area contributed by atoms with Crippen LogP contribution in [0.25, 0.3) is 11.4 Å². The van der Waals surface area contributed by atoms with Gasteiger partial charge in [0.1, 0.15) is 11.6 Å². The number of aromatic nitrogens is 2. The van der Waals surface area contributed by atoms with E-state index in [4.69, 9.17) is 16.3 Å². The molecule has 0 unspecified atom stereocenters. The number of H-pyrrole nitrogens is 1. The van der Waals surface area contributed by atoms with Gasteiger partial charge in [0.15, 0.2) is 6.10 Å².